The van der Waals surface area contributed by atoms with Crippen molar-refractivity contribution in [3.05, 3.63) is 35.4 Å². The molecule has 1 atom stereocenters. The maximum atomic E-state index is 11.0. The highest BCUT2D eigenvalue weighted by molar-refractivity contribution is 7.86. The number of rotatable bonds is 1. The van der Waals surface area contributed by atoms with E-state index in [9.17, 15) is 8.42 Å². The first-order chi connectivity index (χ1) is 6.57. The average Bonchev–Trinajstić information content (AvgIpc) is 2.16. The molecule has 1 aliphatic carbocycles. The summed E-state index contributed by atoms with van der Waals surface area (Å²) in [6.45, 7) is 0. The van der Waals surface area contributed by atoms with Gasteiger partial charge in [-0.05, 0) is 30.4 Å². The van der Waals surface area contributed by atoms with E-state index in [4.69, 9.17) is 4.55 Å². The molecule has 0 aromatic heterocycles. The summed E-state index contributed by atoms with van der Waals surface area (Å²) in [4.78, 5) is 0. The first-order valence-corrected chi connectivity index (χ1v) is 6.11. The van der Waals surface area contributed by atoms with E-state index in [1.54, 1.807) is 0 Å². The lowest BCUT2D eigenvalue weighted by molar-refractivity contribution is 0.457. The normalized spacial score (nSPS) is 21.6. The van der Waals surface area contributed by atoms with Crippen molar-refractivity contribution in [1.29, 1.82) is 0 Å². The van der Waals surface area contributed by atoms with E-state index < -0.39 is 15.4 Å². The third kappa shape index (κ3) is 1.81. The molecule has 2 rings (SSSR count). The maximum absolute atomic E-state index is 11.0. The van der Waals surface area contributed by atoms with Crippen LogP contribution in [-0.4, -0.2) is 18.2 Å². The Hall–Kier alpha value is -0.870. The van der Waals surface area contributed by atoms with E-state index in [1.807, 2.05) is 24.3 Å². The van der Waals surface area contributed by atoms with Crippen molar-refractivity contribution in [1.82, 2.24) is 0 Å². The van der Waals surface area contributed by atoms with Gasteiger partial charge in [0.05, 0.1) is 5.25 Å². The van der Waals surface area contributed by atoms with Crippen LogP contribution in [0.1, 0.15) is 17.5 Å². The second-order valence-electron chi connectivity index (χ2n) is 3.65. The Kier molecular flexibility index (Phi) is 2.33. The van der Waals surface area contributed by atoms with Crippen LogP contribution < -0.4 is 0 Å². The fourth-order valence-electron chi connectivity index (χ4n) is 1.92. The van der Waals surface area contributed by atoms with Gasteiger partial charge in [-0.15, -0.1) is 0 Å². The van der Waals surface area contributed by atoms with Crippen LogP contribution in [0.15, 0.2) is 24.3 Å². The minimum absolute atomic E-state index is 0.439. The third-order valence-corrected chi connectivity index (χ3v) is 3.97. The molecule has 1 unspecified atom stereocenters. The van der Waals surface area contributed by atoms with Crippen LogP contribution in [0.2, 0.25) is 0 Å². The highest BCUT2D eigenvalue weighted by Crippen LogP contribution is 2.24. The van der Waals surface area contributed by atoms with Crippen LogP contribution in [0.25, 0.3) is 0 Å². The number of fused-ring (bicyclic) bond motifs is 1. The van der Waals surface area contributed by atoms with Crippen molar-refractivity contribution in [3.8, 4) is 0 Å². The summed E-state index contributed by atoms with van der Waals surface area (Å²) in [6, 6.07) is 7.78. The van der Waals surface area contributed by atoms with E-state index in [0.29, 0.717) is 12.8 Å². The van der Waals surface area contributed by atoms with Crippen molar-refractivity contribution in [2.24, 2.45) is 0 Å². The Morgan fingerprint density at radius 3 is 2.50 bits per heavy atom. The third-order valence-electron chi connectivity index (χ3n) is 2.72. The molecule has 76 valence electrons. The molecule has 0 fully saturated rings. The highest BCUT2D eigenvalue weighted by atomic mass is 32.2. The quantitative estimate of drug-likeness (QED) is 0.716. The summed E-state index contributed by atoms with van der Waals surface area (Å²) in [5, 5.41) is -0.614. The Labute approximate surface area is 83.5 Å². The average molecular weight is 212 g/mol. The van der Waals surface area contributed by atoms with E-state index in [0.717, 1.165) is 12.0 Å². The molecule has 0 bridgehead atoms. The highest BCUT2D eigenvalue weighted by Gasteiger charge is 2.27. The minimum Gasteiger partial charge on any atom is -0.285 e. The lowest BCUT2D eigenvalue weighted by Crippen LogP contribution is -2.27. The summed E-state index contributed by atoms with van der Waals surface area (Å²) >= 11 is 0. The molecule has 0 saturated carbocycles. The van der Waals surface area contributed by atoms with Crippen LogP contribution >= 0.6 is 0 Å². The van der Waals surface area contributed by atoms with E-state index in [1.165, 1.54) is 5.56 Å². The van der Waals surface area contributed by atoms with Crippen molar-refractivity contribution in [2.45, 2.75) is 24.5 Å². The van der Waals surface area contributed by atoms with Crippen LogP contribution in [0.5, 0.6) is 0 Å². The van der Waals surface area contributed by atoms with E-state index >= 15 is 0 Å². The zero-order valence-corrected chi connectivity index (χ0v) is 8.50. The Balaban J connectivity index is 2.30. The summed E-state index contributed by atoms with van der Waals surface area (Å²) < 4.78 is 30.8. The smallest absolute Gasteiger partial charge is 0.268 e. The topological polar surface area (TPSA) is 54.4 Å². The monoisotopic (exact) mass is 212 g/mol. The Morgan fingerprint density at radius 1 is 1.21 bits per heavy atom. The molecule has 0 radical (unpaired) electrons. The van der Waals surface area contributed by atoms with Gasteiger partial charge < -0.3 is 0 Å². The summed E-state index contributed by atoms with van der Waals surface area (Å²) in [7, 11) is -3.87. The fraction of sp³-hybridized carbons (Fsp3) is 0.400. The summed E-state index contributed by atoms with van der Waals surface area (Å²) in [5.41, 5.74) is 2.24. The molecule has 0 saturated heterocycles. The standard InChI is InChI=1S/C10H12O3S/c11-14(12,13)10-6-5-8-3-1-2-4-9(8)7-10/h1-4,10H,5-7H2,(H,11,12,13). The molecule has 0 spiro atoms. The van der Waals surface area contributed by atoms with Gasteiger partial charge in [0.25, 0.3) is 10.1 Å². The SMILES string of the molecule is O=S(=O)(O)C1CCc2ccccc2C1. The first-order valence-electron chi connectivity index (χ1n) is 4.60. The molecular formula is C10H12O3S. The van der Waals surface area contributed by atoms with Gasteiger partial charge in [-0.1, -0.05) is 24.3 Å². The second-order valence-corrected chi connectivity index (χ2v) is 5.35. The zero-order valence-electron chi connectivity index (χ0n) is 7.68. The molecule has 1 aromatic carbocycles. The van der Waals surface area contributed by atoms with Crippen molar-refractivity contribution in [3.63, 3.8) is 0 Å². The van der Waals surface area contributed by atoms with Crippen molar-refractivity contribution >= 4 is 10.1 Å². The van der Waals surface area contributed by atoms with Crippen LogP contribution in [-0.2, 0) is 23.0 Å². The fourth-order valence-corrected chi connectivity index (χ4v) is 2.72. The maximum Gasteiger partial charge on any atom is 0.268 e. The van der Waals surface area contributed by atoms with Gasteiger partial charge in [0.15, 0.2) is 0 Å². The van der Waals surface area contributed by atoms with Gasteiger partial charge in [0.2, 0.25) is 0 Å². The molecule has 1 N–H and O–H groups in total. The van der Waals surface area contributed by atoms with Crippen LogP contribution in [0.4, 0.5) is 0 Å². The molecule has 0 aliphatic heterocycles. The zero-order chi connectivity index (χ0) is 10.2. The van der Waals surface area contributed by atoms with Gasteiger partial charge in [0, 0.05) is 0 Å². The summed E-state index contributed by atoms with van der Waals surface area (Å²) in [6.07, 6.45) is 1.70. The predicted molar refractivity (Wildman–Crippen MR) is 53.8 cm³/mol. The van der Waals surface area contributed by atoms with Gasteiger partial charge in [-0.3, -0.25) is 4.55 Å². The predicted octanol–water partition coefficient (Wildman–Crippen LogP) is 1.43. The van der Waals surface area contributed by atoms with Gasteiger partial charge in [-0.2, -0.15) is 8.42 Å². The number of benzene rings is 1. The molecule has 4 heteroatoms. The molecule has 1 aliphatic rings. The van der Waals surface area contributed by atoms with Crippen LogP contribution in [0.3, 0.4) is 0 Å². The number of aryl methyl sites for hydroxylation is 1. The summed E-state index contributed by atoms with van der Waals surface area (Å²) in [5.74, 6) is 0. The van der Waals surface area contributed by atoms with E-state index in [-0.39, 0.29) is 0 Å². The Morgan fingerprint density at radius 2 is 1.86 bits per heavy atom. The second kappa shape index (κ2) is 3.37. The minimum atomic E-state index is -3.87. The number of hydrogen-bond acceptors (Lipinski definition) is 2. The first kappa shape index (κ1) is 9.68. The molecule has 14 heavy (non-hydrogen) atoms. The molecule has 0 amide bonds. The van der Waals surface area contributed by atoms with E-state index in [2.05, 4.69) is 0 Å². The molecule has 0 heterocycles. The van der Waals surface area contributed by atoms with Gasteiger partial charge >= 0.3 is 0 Å². The molecule has 3 nitrogen and oxygen atoms in total. The number of hydrogen-bond donors (Lipinski definition) is 1. The lowest BCUT2D eigenvalue weighted by Gasteiger charge is -2.21. The largest absolute Gasteiger partial charge is 0.285 e. The van der Waals surface area contributed by atoms with Crippen molar-refractivity contribution < 1.29 is 13.0 Å². The van der Waals surface area contributed by atoms with Gasteiger partial charge in [0.1, 0.15) is 0 Å². The molecule has 1 aromatic rings. The molecular weight excluding hydrogens is 200 g/mol. The Bertz CT molecular complexity index is 436. The van der Waals surface area contributed by atoms with Gasteiger partial charge in [-0.25, -0.2) is 0 Å². The van der Waals surface area contributed by atoms with Crippen molar-refractivity contribution in [2.75, 3.05) is 0 Å². The van der Waals surface area contributed by atoms with Crippen LogP contribution in [0, 0.1) is 0 Å². The lowest BCUT2D eigenvalue weighted by atomic mass is 9.92.